The molecular weight excluding hydrogens is 436 g/mol. The Morgan fingerprint density at radius 2 is 1.55 bits per heavy atom. The molecular formula is C26H30N2O4S. The number of hydrogen-bond donors (Lipinski definition) is 1. The van der Waals surface area contributed by atoms with Crippen molar-refractivity contribution in [2.45, 2.75) is 38.6 Å². The van der Waals surface area contributed by atoms with Crippen LogP contribution >= 0.6 is 0 Å². The largest absolute Gasteiger partial charge is 0.497 e. The number of benzene rings is 3. The monoisotopic (exact) mass is 466 g/mol. The number of ether oxygens (including phenoxy) is 1. The fourth-order valence-electron chi connectivity index (χ4n) is 3.73. The summed E-state index contributed by atoms with van der Waals surface area (Å²) in [5, 5.41) is 2.96. The Morgan fingerprint density at radius 1 is 0.939 bits per heavy atom. The molecule has 0 saturated carbocycles. The highest BCUT2D eigenvalue weighted by molar-refractivity contribution is 7.92. The predicted octanol–water partition coefficient (Wildman–Crippen LogP) is 4.69. The van der Waals surface area contributed by atoms with Crippen LogP contribution < -0.4 is 14.4 Å². The maximum absolute atomic E-state index is 13.5. The molecule has 6 nitrogen and oxygen atoms in total. The van der Waals surface area contributed by atoms with Crippen LogP contribution in [0.15, 0.2) is 71.6 Å². The number of anilines is 1. The van der Waals surface area contributed by atoms with E-state index in [9.17, 15) is 13.2 Å². The zero-order chi connectivity index (χ0) is 24.2. The zero-order valence-corrected chi connectivity index (χ0v) is 20.4. The number of rotatable bonds is 8. The van der Waals surface area contributed by atoms with Gasteiger partial charge in [-0.15, -0.1) is 0 Å². The first-order chi connectivity index (χ1) is 15.6. The second-order valence-electron chi connectivity index (χ2n) is 8.11. The Balaban J connectivity index is 1.88. The van der Waals surface area contributed by atoms with Gasteiger partial charge in [0.2, 0.25) is 5.91 Å². The number of nitrogens with one attached hydrogen (secondary N) is 1. The number of carbonyl (C=O) groups excluding carboxylic acids is 1. The van der Waals surface area contributed by atoms with Crippen molar-refractivity contribution in [2.75, 3.05) is 18.0 Å². The summed E-state index contributed by atoms with van der Waals surface area (Å²) in [6.07, 6.45) is 0. The van der Waals surface area contributed by atoms with Gasteiger partial charge in [0.15, 0.2) is 0 Å². The third-order valence-corrected chi connectivity index (χ3v) is 7.49. The molecule has 174 valence electrons. The van der Waals surface area contributed by atoms with Gasteiger partial charge in [-0.05, 0) is 86.3 Å². The minimum atomic E-state index is -3.98. The minimum Gasteiger partial charge on any atom is -0.497 e. The van der Waals surface area contributed by atoms with E-state index < -0.39 is 10.0 Å². The van der Waals surface area contributed by atoms with Crippen LogP contribution in [0.5, 0.6) is 5.75 Å². The molecule has 33 heavy (non-hydrogen) atoms. The molecule has 0 saturated heterocycles. The minimum absolute atomic E-state index is 0.0815. The number of para-hydroxylation sites is 1. The molecule has 0 spiro atoms. The average molecular weight is 467 g/mol. The van der Waals surface area contributed by atoms with E-state index in [1.807, 2.05) is 20.8 Å². The maximum Gasteiger partial charge on any atom is 0.264 e. The molecule has 0 aliphatic heterocycles. The van der Waals surface area contributed by atoms with Crippen LogP contribution in [0.4, 0.5) is 5.69 Å². The van der Waals surface area contributed by atoms with Crippen molar-refractivity contribution >= 4 is 21.6 Å². The molecule has 1 atom stereocenters. The maximum atomic E-state index is 13.5. The highest BCUT2D eigenvalue weighted by Crippen LogP contribution is 2.26. The van der Waals surface area contributed by atoms with Crippen LogP contribution in [0, 0.1) is 20.8 Å². The SMILES string of the molecule is COc1ccc(S(=O)(=O)N(CC(=O)N[C@@H](C)c2cc(C)c(C)cc2C)c2ccccc2)cc1. The van der Waals surface area contributed by atoms with E-state index in [-0.39, 0.29) is 23.4 Å². The van der Waals surface area contributed by atoms with Crippen LogP contribution in [0.25, 0.3) is 0 Å². The highest BCUT2D eigenvalue weighted by atomic mass is 32.2. The molecule has 0 aliphatic rings. The van der Waals surface area contributed by atoms with Crippen molar-refractivity contribution in [1.29, 1.82) is 0 Å². The van der Waals surface area contributed by atoms with Crippen LogP contribution in [0.3, 0.4) is 0 Å². The fraction of sp³-hybridized carbons (Fsp3) is 0.269. The Kier molecular flexibility index (Phi) is 7.43. The van der Waals surface area contributed by atoms with Gasteiger partial charge in [-0.3, -0.25) is 9.10 Å². The second kappa shape index (κ2) is 10.1. The quantitative estimate of drug-likeness (QED) is 0.522. The second-order valence-corrected chi connectivity index (χ2v) is 9.97. The first-order valence-electron chi connectivity index (χ1n) is 10.7. The number of methoxy groups -OCH3 is 1. The predicted molar refractivity (Wildman–Crippen MR) is 131 cm³/mol. The third kappa shape index (κ3) is 5.54. The number of carbonyl (C=O) groups is 1. The van der Waals surface area contributed by atoms with Gasteiger partial charge in [0.05, 0.1) is 23.7 Å². The van der Waals surface area contributed by atoms with Crippen molar-refractivity contribution in [2.24, 2.45) is 0 Å². The van der Waals surface area contributed by atoms with E-state index in [1.165, 1.54) is 24.8 Å². The lowest BCUT2D eigenvalue weighted by molar-refractivity contribution is -0.120. The summed E-state index contributed by atoms with van der Waals surface area (Å²) < 4.78 is 33.2. The summed E-state index contributed by atoms with van der Waals surface area (Å²) in [7, 11) is -2.46. The molecule has 0 bridgehead atoms. The first-order valence-corrected chi connectivity index (χ1v) is 12.2. The Morgan fingerprint density at radius 3 is 2.15 bits per heavy atom. The molecule has 1 N–H and O–H groups in total. The standard InChI is InChI=1S/C26H30N2O4S/c1-18-15-20(3)25(16-19(18)2)21(4)27-26(29)17-28(22-9-7-6-8-10-22)33(30,31)24-13-11-23(32-5)12-14-24/h6-16,21H,17H2,1-5H3,(H,27,29)/t21-/m0/s1. The molecule has 7 heteroatoms. The van der Waals surface area contributed by atoms with Crippen molar-refractivity contribution < 1.29 is 17.9 Å². The zero-order valence-electron chi connectivity index (χ0n) is 19.6. The summed E-state index contributed by atoms with van der Waals surface area (Å²) in [6, 6.07) is 18.6. The summed E-state index contributed by atoms with van der Waals surface area (Å²) >= 11 is 0. The number of nitrogens with zero attached hydrogens (tertiary/aromatic N) is 1. The smallest absolute Gasteiger partial charge is 0.264 e. The third-order valence-electron chi connectivity index (χ3n) is 5.71. The van der Waals surface area contributed by atoms with Crippen LogP contribution in [-0.4, -0.2) is 28.0 Å². The van der Waals surface area contributed by atoms with Crippen LogP contribution in [0.2, 0.25) is 0 Å². The summed E-state index contributed by atoms with van der Waals surface area (Å²) in [5.41, 5.74) is 4.84. The van der Waals surface area contributed by atoms with E-state index in [4.69, 9.17) is 4.74 Å². The average Bonchev–Trinajstić information content (AvgIpc) is 2.80. The topological polar surface area (TPSA) is 75.7 Å². The van der Waals surface area contributed by atoms with Gasteiger partial charge in [-0.2, -0.15) is 0 Å². The normalized spacial score (nSPS) is 12.2. The molecule has 3 rings (SSSR count). The van der Waals surface area contributed by atoms with Crippen molar-refractivity contribution in [3.8, 4) is 5.75 Å². The molecule has 0 radical (unpaired) electrons. The van der Waals surface area contributed by atoms with Crippen LogP contribution in [0.1, 0.15) is 35.2 Å². The van der Waals surface area contributed by atoms with Crippen molar-refractivity contribution in [3.63, 3.8) is 0 Å². The van der Waals surface area contributed by atoms with E-state index in [0.717, 1.165) is 21.0 Å². The van der Waals surface area contributed by atoms with Gasteiger partial charge in [0, 0.05) is 0 Å². The van der Waals surface area contributed by atoms with Gasteiger partial charge < -0.3 is 10.1 Å². The summed E-state index contributed by atoms with van der Waals surface area (Å²) in [5.74, 6) is 0.164. The van der Waals surface area contributed by atoms with Crippen molar-refractivity contribution in [1.82, 2.24) is 5.32 Å². The highest BCUT2D eigenvalue weighted by Gasteiger charge is 2.28. The molecule has 0 aromatic heterocycles. The van der Waals surface area contributed by atoms with Gasteiger partial charge in [-0.1, -0.05) is 30.3 Å². The number of aryl methyl sites for hydroxylation is 3. The van der Waals surface area contributed by atoms with Gasteiger partial charge in [0.1, 0.15) is 12.3 Å². The van der Waals surface area contributed by atoms with E-state index >= 15 is 0 Å². The molecule has 0 aliphatic carbocycles. The Labute approximate surface area is 196 Å². The summed E-state index contributed by atoms with van der Waals surface area (Å²) in [4.78, 5) is 13.1. The first kappa shape index (κ1) is 24.3. The fourth-order valence-corrected chi connectivity index (χ4v) is 5.15. The van der Waals surface area contributed by atoms with E-state index in [1.54, 1.807) is 42.5 Å². The Bertz CT molecular complexity index is 1220. The molecule has 0 fully saturated rings. The molecule has 1 amide bonds. The summed E-state index contributed by atoms with van der Waals surface area (Å²) in [6.45, 7) is 7.66. The van der Waals surface area contributed by atoms with Crippen LogP contribution in [-0.2, 0) is 14.8 Å². The lowest BCUT2D eigenvalue weighted by Gasteiger charge is -2.25. The van der Waals surface area contributed by atoms with Gasteiger partial charge >= 0.3 is 0 Å². The lowest BCUT2D eigenvalue weighted by atomic mass is 9.96. The molecule has 3 aromatic rings. The van der Waals surface area contributed by atoms with Crippen molar-refractivity contribution in [3.05, 3.63) is 89.0 Å². The molecule has 0 unspecified atom stereocenters. The number of hydrogen-bond acceptors (Lipinski definition) is 4. The molecule has 0 heterocycles. The van der Waals surface area contributed by atoms with E-state index in [0.29, 0.717) is 11.4 Å². The number of amides is 1. The molecule has 3 aromatic carbocycles. The van der Waals surface area contributed by atoms with E-state index in [2.05, 4.69) is 24.4 Å². The lowest BCUT2D eigenvalue weighted by Crippen LogP contribution is -2.41. The van der Waals surface area contributed by atoms with Gasteiger partial charge in [-0.25, -0.2) is 8.42 Å². The van der Waals surface area contributed by atoms with Gasteiger partial charge in [0.25, 0.3) is 10.0 Å². The number of sulfonamides is 1. The Hall–Kier alpha value is -3.32.